The zero-order chi connectivity index (χ0) is 29.8. The zero-order valence-corrected chi connectivity index (χ0v) is 23.4. The largest absolute Gasteiger partial charge is 0.309 e. The summed E-state index contributed by atoms with van der Waals surface area (Å²) in [4.78, 5) is 0. The molecule has 44 heavy (non-hydrogen) atoms. The summed E-state index contributed by atoms with van der Waals surface area (Å²) in [5.74, 6) is 0. The Balaban J connectivity index is 1.49. The maximum atomic E-state index is 9.99. The highest BCUT2D eigenvalue weighted by atomic mass is 15.0. The summed E-state index contributed by atoms with van der Waals surface area (Å²) >= 11 is 0. The van der Waals surface area contributed by atoms with Gasteiger partial charge in [-0.15, -0.1) is 0 Å². The summed E-state index contributed by atoms with van der Waals surface area (Å²) in [7, 11) is 0. The maximum Gasteiger partial charge on any atom is 0.101 e. The molecule has 2 heterocycles. The topological polar surface area (TPSA) is 81.2 Å². The third-order valence-corrected chi connectivity index (χ3v) is 8.40. The normalized spacial score (nSPS) is 11.1. The Morgan fingerprint density at radius 3 is 2.05 bits per heavy atom. The molecule has 0 radical (unpaired) electrons. The summed E-state index contributed by atoms with van der Waals surface area (Å²) < 4.78 is 4.37. The molecule has 0 bridgehead atoms. The first kappa shape index (κ1) is 25.1. The van der Waals surface area contributed by atoms with Gasteiger partial charge in [-0.05, 0) is 66.2 Å². The van der Waals surface area contributed by atoms with Crippen molar-refractivity contribution in [3.63, 3.8) is 0 Å². The number of hydrogen-bond donors (Lipinski definition) is 0. The van der Waals surface area contributed by atoms with Gasteiger partial charge in [0.1, 0.15) is 6.07 Å². The van der Waals surface area contributed by atoms with Crippen molar-refractivity contribution in [3.05, 3.63) is 144 Å². The molecule has 2 aromatic heterocycles. The van der Waals surface area contributed by atoms with Crippen LogP contribution in [0, 0.1) is 34.0 Å². The van der Waals surface area contributed by atoms with E-state index in [-0.39, 0.29) is 0 Å². The third kappa shape index (κ3) is 3.63. The Morgan fingerprint density at radius 1 is 0.455 bits per heavy atom. The van der Waals surface area contributed by atoms with E-state index in [1.54, 1.807) is 6.07 Å². The van der Waals surface area contributed by atoms with Gasteiger partial charge in [0.05, 0.1) is 56.6 Å². The van der Waals surface area contributed by atoms with Crippen molar-refractivity contribution in [3.8, 4) is 40.7 Å². The number of nitrogens with zero attached hydrogens (tertiary/aromatic N) is 5. The van der Waals surface area contributed by atoms with Crippen molar-refractivity contribution in [1.82, 2.24) is 9.13 Å². The van der Waals surface area contributed by atoms with Gasteiger partial charge < -0.3 is 9.13 Å². The van der Waals surface area contributed by atoms with Crippen LogP contribution in [0.4, 0.5) is 0 Å². The summed E-state index contributed by atoms with van der Waals surface area (Å²) in [5.41, 5.74) is 9.51. The molecule has 8 aromatic rings. The number of nitriles is 3. The summed E-state index contributed by atoms with van der Waals surface area (Å²) in [6, 6.07) is 49.0. The lowest BCUT2D eigenvalue weighted by Crippen LogP contribution is -1.98. The Hall–Kier alpha value is -6.61. The molecule has 0 N–H and O–H groups in total. The van der Waals surface area contributed by atoms with Gasteiger partial charge in [0.15, 0.2) is 0 Å². The van der Waals surface area contributed by atoms with Crippen LogP contribution in [0.15, 0.2) is 127 Å². The average molecular weight is 560 g/mol. The van der Waals surface area contributed by atoms with E-state index in [1.165, 1.54) is 0 Å². The van der Waals surface area contributed by atoms with E-state index in [9.17, 15) is 15.8 Å². The van der Waals surface area contributed by atoms with E-state index < -0.39 is 0 Å². The van der Waals surface area contributed by atoms with Crippen molar-refractivity contribution < 1.29 is 0 Å². The molecule has 5 heteroatoms. The molecule has 5 nitrogen and oxygen atoms in total. The molecule has 0 unspecified atom stereocenters. The lowest BCUT2D eigenvalue weighted by atomic mass is 10.00. The van der Waals surface area contributed by atoms with Crippen LogP contribution in [-0.2, 0) is 0 Å². The second kappa shape index (κ2) is 9.74. The van der Waals surface area contributed by atoms with Gasteiger partial charge >= 0.3 is 0 Å². The van der Waals surface area contributed by atoms with Crippen LogP contribution < -0.4 is 0 Å². The van der Waals surface area contributed by atoms with Crippen molar-refractivity contribution in [2.45, 2.75) is 0 Å². The molecular weight excluding hydrogens is 538 g/mol. The third-order valence-electron chi connectivity index (χ3n) is 8.40. The summed E-state index contributed by atoms with van der Waals surface area (Å²) in [5, 5.41) is 33.6. The highest BCUT2D eigenvalue weighted by molar-refractivity contribution is 6.15. The number of hydrogen-bond acceptors (Lipinski definition) is 3. The fraction of sp³-hybridized carbons (Fsp3) is 0. The van der Waals surface area contributed by atoms with Crippen LogP contribution in [0.1, 0.15) is 16.7 Å². The van der Waals surface area contributed by atoms with Crippen LogP contribution in [0.25, 0.3) is 66.1 Å². The Bertz CT molecular complexity index is 2600. The first-order valence-electron chi connectivity index (χ1n) is 14.2. The minimum atomic E-state index is 0.575. The van der Waals surface area contributed by atoms with Gasteiger partial charge in [0.25, 0.3) is 0 Å². The van der Waals surface area contributed by atoms with Crippen LogP contribution in [0.5, 0.6) is 0 Å². The first-order valence-corrected chi connectivity index (χ1v) is 14.2. The van der Waals surface area contributed by atoms with Gasteiger partial charge in [-0.3, -0.25) is 0 Å². The second-order valence-electron chi connectivity index (χ2n) is 10.8. The summed E-state index contributed by atoms with van der Waals surface area (Å²) in [6.45, 7) is 0. The highest BCUT2D eigenvalue weighted by Crippen LogP contribution is 2.41. The molecule has 0 spiro atoms. The van der Waals surface area contributed by atoms with Gasteiger partial charge in [-0.2, -0.15) is 15.8 Å². The zero-order valence-electron chi connectivity index (χ0n) is 23.4. The molecular formula is C39H21N5. The van der Waals surface area contributed by atoms with E-state index >= 15 is 0 Å². The molecule has 0 aliphatic carbocycles. The minimum absolute atomic E-state index is 0.575. The standard InChI is InChI=1S/C39H21N5/c40-22-25-7-5-9-29(19-25)43-37-18-15-26(23-41)20-34(37)33-12-6-11-30(39(33)43)27-16-17-32-31-10-2-4-14-36(31)44(38(32)21-27)35-13-3-1-8-28(35)24-42/h1-21H. The lowest BCUT2D eigenvalue weighted by Gasteiger charge is -2.13. The number of fused-ring (bicyclic) bond motifs is 6. The fourth-order valence-electron chi connectivity index (χ4n) is 6.51. The molecule has 0 aliphatic heterocycles. The van der Waals surface area contributed by atoms with Crippen molar-refractivity contribution in [2.75, 3.05) is 0 Å². The van der Waals surface area contributed by atoms with E-state index in [0.29, 0.717) is 16.7 Å². The Labute approximate surface area is 252 Å². The van der Waals surface area contributed by atoms with E-state index in [2.05, 4.69) is 75.9 Å². The van der Waals surface area contributed by atoms with Crippen molar-refractivity contribution in [2.24, 2.45) is 0 Å². The van der Waals surface area contributed by atoms with E-state index in [0.717, 1.165) is 66.1 Å². The quantitative estimate of drug-likeness (QED) is 0.216. The SMILES string of the molecule is N#Cc1cccc(-n2c3ccc(C#N)cc3c3cccc(-c4ccc5c6ccccc6n(-c6ccccc6C#N)c5c4)c32)c1. The Kier molecular flexibility index (Phi) is 5.56. The number of aromatic nitrogens is 2. The predicted octanol–water partition coefficient (Wildman–Crippen LogP) is 9.16. The van der Waals surface area contributed by atoms with Gasteiger partial charge in [-0.1, -0.05) is 66.7 Å². The fourth-order valence-corrected chi connectivity index (χ4v) is 6.51. The maximum absolute atomic E-state index is 9.99. The molecule has 6 aromatic carbocycles. The minimum Gasteiger partial charge on any atom is -0.309 e. The monoisotopic (exact) mass is 559 g/mol. The molecule has 0 atom stereocenters. The average Bonchev–Trinajstić information content (AvgIpc) is 3.60. The number of rotatable bonds is 3. The lowest BCUT2D eigenvalue weighted by molar-refractivity contribution is 1.17. The van der Waals surface area contributed by atoms with Crippen LogP contribution in [0.2, 0.25) is 0 Å². The van der Waals surface area contributed by atoms with Crippen LogP contribution in [0.3, 0.4) is 0 Å². The number of benzene rings is 6. The van der Waals surface area contributed by atoms with Crippen molar-refractivity contribution >= 4 is 43.6 Å². The van der Waals surface area contributed by atoms with Crippen LogP contribution >= 0.6 is 0 Å². The molecule has 0 amide bonds. The molecule has 8 rings (SSSR count). The van der Waals surface area contributed by atoms with Gasteiger partial charge in [0.2, 0.25) is 0 Å². The molecule has 0 saturated heterocycles. The first-order chi connectivity index (χ1) is 21.7. The van der Waals surface area contributed by atoms with E-state index in [4.69, 9.17) is 0 Å². The second-order valence-corrected chi connectivity index (χ2v) is 10.8. The highest BCUT2D eigenvalue weighted by Gasteiger charge is 2.19. The van der Waals surface area contributed by atoms with Gasteiger partial charge in [0, 0.05) is 32.8 Å². The molecule has 202 valence electrons. The smallest absolute Gasteiger partial charge is 0.101 e. The molecule has 0 aliphatic rings. The van der Waals surface area contributed by atoms with Crippen LogP contribution in [-0.4, -0.2) is 9.13 Å². The van der Waals surface area contributed by atoms with Gasteiger partial charge in [-0.25, -0.2) is 0 Å². The molecule has 0 saturated carbocycles. The van der Waals surface area contributed by atoms with Crippen molar-refractivity contribution in [1.29, 1.82) is 15.8 Å². The predicted molar refractivity (Wildman–Crippen MR) is 175 cm³/mol. The summed E-state index contributed by atoms with van der Waals surface area (Å²) in [6.07, 6.45) is 0. The van der Waals surface area contributed by atoms with E-state index in [1.807, 2.05) is 72.8 Å². The molecule has 0 fully saturated rings. The Morgan fingerprint density at radius 2 is 1.18 bits per heavy atom. The number of para-hydroxylation sites is 3.